The third-order valence-electron chi connectivity index (χ3n) is 3.56. The highest BCUT2D eigenvalue weighted by Crippen LogP contribution is 2.24. The van der Waals surface area contributed by atoms with Crippen molar-refractivity contribution in [3.63, 3.8) is 0 Å². The summed E-state index contributed by atoms with van der Waals surface area (Å²) < 4.78 is 0. The van der Waals surface area contributed by atoms with E-state index in [2.05, 4.69) is 15.5 Å². The van der Waals surface area contributed by atoms with E-state index in [4.69, 9.17) is 23.2 Å². The maximum absolute atomic E-state index is 11.7. The number of nitrogens with zero attached hydrogens (tertiary/aromatic N) is 1. The average molecular weight is 330 g/mol. The van der Waals surface area contributed by atoms with Gasteiger partial charge < -0.3 is 15.5 Å². The normalized spacial score (nSPS) is 15.1. The minimum absolute atomic E-state index is 0.213. The van der Waals surface area contributed by atoms with Gasteiger partial charge in [0.15, 0.2) is 0 Å². The highest BCUT2D eigenvalue weighted by molar-refractivity contribution is 6.42. The lowest BCUT2D eigenvalue weighted by Crippen LogP contribution is -2.30. The Balaban J connectivity index is 1.59. The number of likely N-dealkylation sites (tertiary alicyclic amines) is 1. The molecule has 0 atom stereocenters. The summed E-state index contributed by atoms with van der Waals surface area (Å²) in [6.45, 7) is 4.27. The Morgan fingerprint density at radius 1 is 1.14 bits per heavy atom. The molecule has 1 saturated heterocycles. The SMILES string of the molecule is O=C(NCCCCN1CCCC1)Nc1ccc(Cl)c(Cl)c1. The fraction of sp³-hybridized carbons (Fsp3) is 0.533. The van der Waals surface area contributed by atoms with Gasteiger partial charge >= 0.3 is 6.03 Å². The number of nitrogens with one attached hydrogen (secondary N) is 2. The van der Waals surface area contributed by atoms with Gasteiger partial charge in [0.1, 0.15) is 0 Å². The Labute approximate surface area is 135 Å². The zero-order valence-electron chi connectivity index (χ0n) is 12.0. The Morgan fingerprint density at radius 2 is 1.90 bits per heavy atom. The molecular weight excluding hydrogens is 309 g/mol. The molecule has 0 radical (unpaired) electrons. The zero-order chi connectivity index (χ0) is 15.1. The largest absolute Gasteiger partial charge is 0.338 e. The van der Waals surface area contributed by atoms with Gasteiger partial charge in [0, 0.05) is 12.2 Å². The van der Waals surface area contributed by atoms with Gasteiger partial charge in [-0.2, -0.15) is 0 Å². The highest BCUT2D eigenvalue weighted by Gasteiger charge is 2.10. The molecule has 21 heavy (non-hydrogen) atoms. The maximum atomic E-state index is 11.7. The summed E-state index contributed by atoms with van der Waals surface area (Å²) in [5.74, 6) is 0. The smallest absolute Gasteiger partial charge is 0.319 e. The number of urea groups is 1. The van der Waals surface area contributed by atoms with Crippen LogP contribution in [0.15, 0.2) is 18.2 Å². The van der Waals surface area contributed by atoms with E-state index in [-0.39, 0.29) is 6.03 Å². The van der Waals surface area contributed by atoms with E-state index < -0.39 is 0 Å². The van der Waals surface area contributed by atoms with Crippen molar-refractivity contribution in [2.45, 2.75) is 25.7 Å². The van der Waals surface area contributed by atoms with Gasteiger partial charge in [-0.15, -0.1) is 0 Å². The number of benzene rings is 1. The van der Waals surface area contributed by atoms with Gasteiger partial charge in [0.2, 0.25) is 0 Å². The van der Waals surface area contributed by atoms with E-state index in [1.165, 1.54) is 25.9 Å². The predicted octanol–water partition coefficient (Wildman–Crippen LogP) is 3.99. The van der Waals surface area contributed by atoms with E-state index in [0.29, 0.717) is 22.3 Å². The second-order valence-electron chi connectivity index (χ2n) is 5.27. The summed E-state index contributed by atoms with van der Waals surface area (Å²) in [5, 5.41) is 6.49. The minimum Gasteiger partial charge on any atom is -0.338 e. The molecule has 0 unspecified atom stereocenters. The molecule has 2 N–H and O–H groups in total. The van der Waals surface area contributed by atoms with Crippen molar-refractivity contribution in [1.82, 2.24) is 10.2 Å². The molecule has 2 rings (SSSR count). The molecule has 116 valence electrons. The Kier molecular flexibility index (Phi) is 6.61. The van der Waals surface area contributed by atoms with Crippen LogP contribution in [0.5, 0.6) is 0 Å². The van der Waals surface area contributed by atoms with Crippen molar-refractivity contribution in [3.8, 4) is 0 Å². The van der Waals surface area contributed by atoms with Crippen molar-refractivity contribution in [2.75, 3.05) is 31.5 Å². The molecule has 1 aliphatic heterocycles. The molecule has 6 heteroatoms. The van der Waals surface area contributed by atoms with E-state index >= 15 is 0 Å². The summed E-state index contributed by atoms with van der Waals surface area (Å²) in [7, 11) is 0. The average Bonchev–Trinajstić information content (AvgIpc) is 2.96. The van der Waals surface area contributed by atoms with Crippen LogP contribution in [-0.4, -0.2) is 37.1 Å². The number of carbonyl (C=O) groups excluding carboxylic acids is 1. The number of halogens is 2. The third kappa shape index (κ3) is 5.73. The van der Waals surface area contributed by atoms with Gasteiger partial charge in [-0.25, -0.2) is 4.79 Å². The van der Waals surface area contributed by atoms with Crippen molar-refractivity contribution in [1.29, 1.82) is 0 Å². The number of amides is 2. The van der Waals surface area contributed by atoms with E-state index in [9.17, 15) is 4.79 Å². The second-order valence-corrected chi connectivity index (χ2v) is 6.08. The molecular formula is C15H21Cl2N3O. The molecule has 1 aliphatic rings. The van der Waals surface area contributed by atoms with Crippen molar-refractivity contribution in [2.24, 2.45) is 0 Å². The molecule has 0 saturated carbocycles. The molecule has 1 fully saturated rings. The number of carbonyl (C=O) groups is 1. The molecule has 0 spiro atoms. The summed E-state index contributed by atoms with van der Waals surface area (Å²) in [6, 6.07) is 4.81. The number of unbranched alkanes of at least 4 members (excludes halogenated alkanes) is 1. The van der Waals surface area contributed by atoms with Crippen LogP contribution in [0.25, 0.3) is 0 Å². The third-order valence-corrected chi connectivity index (χ3v) is 4.30. The number of anilines is 1. The van der Waals surface area contributed by atoms with Gasteiger partial charge in [-0.1, -0.05) is 23.2 Å². The standard InChI is InChI=1S/C15H21Cl2N3O/c16-13-6-5-12(11-14(13)17)19-15(21)18-7-1-2-8-20-9-3-4-10-20/h5-6,11H,1-4,7-10H2,(H2,18,19,21). The summed E-state index contributed by atoms with van der Waals surface area (Å²) in [5.41, 5.74) is 0.638. The fourth-order valence-corrected chi connectivity index (χ4v) is 2.72. The van der Waals surface area contributed by atoms with Crippen LogP contribution in [0, 0.1) is 0 Å². The van der Waals surface area contributed by atoms with Crippen molar-refractivity contribution in [3.05, 3.63) is 28.2 Å². The van der Waals surface area contributed by atoms with Crippen LogP contribution >= 0.6 is 23.2 Å². The lowest BCUT2D eigenvalue weighted by molar-refractivity contribution is 0.251. The number of hydrogen-bond donors (Lipinski definition) is 2. The summed E-state index contributed by atoms with van der Waals surface area (Å²) in [4.78, 5) is 14.2. The van der Waals surface area contributed by atoms with Crippen LogP contribution in [0.2, 0.25) is 10.0 Å². The molecule has 0 bridgehead atoms. The Hall–Kier alpha value is -0.970. The Bertz CT molecular complexity index is 476. The fourth-order valence-electron chi connectivity index (χ4n) is 2.42. The molecule has 1 aromatic carbocycles. The van der Waals surface area contributed by atoms with Crippen LogP contribution in [0.3, 0.4) is 0 Å². The van der Waals surface area contributed by atoms with Gasteiger partial charge in [0.05, 0.1) is 10.0 Å². The van der Waals surface area contributed by atoms with Crippen LogP contribution in [-0.2, 0) is 0 Å². The van der Waals surface area contributed by atoms with Crippen LogP contribution in [0.1, 0.15) is 25.7 Å². The molecule has 0 aliphatic carbocycles. The first-order valence-corrected chi connectivity index (χ1v) is 8.13. The van der Waals surface area contributed by atoms with Gasteiger partial charge in [-0.3, -0.25) is 0 Å². The van der Waals surface area contributed by atoms with E-state index in [1.807, 2.05) is 0 Å². The van der Waals surface area contributed by atoms with Crippen molar-refractivity contribution < 1.29 is 4.79 Å². The number of hydrogen-bond acceptors (Lipinski definition) is 2. The zero-order valence-corrected chi connectivity index (χ0v) is 13.5. The van der Waals surface area contributed by atoms with Crippen LogP contribution < -0.4 is 10.6 Å². The summed E-state index contributed by atoms with van der Waals surface area (Å²) >= 11 is 11.7. The first kappa shape index (κ1) is 16.4. The topological polar surface area (TPSA) is 44.4 Å². The molecule has 1 heterocycles. The molecule has 0 aromatic heterocycles. The number of rotatable bonds is 6. The highest BCUT2D eigenvalue weighted by atomic mass is 35.5. The van der Waals surface area contributed by atoms with Crippen LogP contribution in [0.4, 0.5) is 10.5 Å². The lowest BCUT2D eigenvalue weighted by atomic mass is 10.3. The predicted molar refractivity (Wildman–Crippen MR) is 88.4 cm³/mol. The van der Waals surface area contributed by atoms with Gasteiger partial charge in [-0.05, 0) is 63.5 Å². The van der Waals surface area contributed by atoms with Crippen molar-refractivity contribution >= 4 is 34.9 Å². The first-order chi connectivity index (χ1) is 10.1. The van der Waals surface area contributed by atoms with E-state index in [0.717, 1.165) is 19.4 Å². The Morgan fingerprint density at radius 3 is 2.62 bits per heavy atom. The second kappa shape index (κ2) is 8.47. The maximum Gasteiger partial charge on any atom is 0.319 e. The minimum atomic E-state index is -0.213. The van der Waals surface area contributed by atoms with E-state index in [1.54, 1.807) is 18.2 Å². The molecule has 4 nitrogen and oxygen atoms in total. The monoisotopic (exact) mass is 329 g/mol. The quantitative estimate of drug-likeness (QED) is 0.775. The lowest BCUT2D eigenvalue weighted by Gasteiger charge is -2.14. The molecule has 2 amide bonds. The summed E-state index contributed by atoms with van der Waals surface area (Å²) in [6.07, 6.45) is 4.76. The van der Waals surface area contributed by atoms with Gasteiger partial charge in [0.25, 0.3) is 0 Å². The first-order valence-electron chi connectivity index (χ1n) is 7.37. The molecule has 1 aromatic rings.